The van der Waals surface area contributed by atoms with Gasteiger partial charge in [-0.25, -0.2) is 9.67 Å². The van der Waals surface area contributed by atoms with E-state index in [1.165, 1.54) is 13.1 Å². The van der Waals surface area contributed by atoms with Crippen LogP contribution in [0.5, 0.6) is 0 Å². The zero-order valence-electron chi connectivity index (χ0n) is 14.8. The highest BCUT2D eigenvalue weighted by atomic mass is 16.2. The highest BCUT2D eigenvalue weighted by molar-refractivity contribution is 6.05. The van der Waals surface area contributed by atoms with Crippen LogP contribution in [-0.4, -0.2) is 26.6 Å². The van der Waals surface area contributed by atoms with Crippen LogP contribution in [0, 0.1) is 13.8 Å². The Kier molecular flexibility index (Phi) is 4.79. The number of benzene rings is 1. The SMILES string of the molecule is CC(=O)Nc1ccc(C)c(NC(=O)c2cnn(-c3ccccn3)c2C)c1. The van der Waals surface area contributed by atoms with Gasteiger partial charge in [-0.2, -0.15) is 5.10 Å². The number of carbonyl (C=O) groups excluding carboxylic acids is 2. The van der Waals surface area contributed by atoms with Crippen molar-refractivity contribution in [3.63, 3.8) is 0 Å². The standard InChI is InChI=1S/C19H19N5O2/c1-12-7-8-15(22-14(3)25)10-17(12)23-19(26)16-11-21-24(13(16)2)18-6-4-5-9-20-18/h4-11H,1-3H3,(H,22,25)(H,23,26). The van der Waals surface area contributed by atoms with E-state index in [1.807, 2.05) is 38.1 Å². The van der Waals surface area contributed by atoms with E-state index in [0.29, 0.717) is 28.5 Å². The van der Waals surface area contributed by atoms with Gasteiger partial charge in [-0.1, -0.05) is 12.1 Å². The average molecular weight is 349 g/mol. The predicted octanol–water partition coefficient (Wildman–Crippen LogP) is 3.09. The van der Waals surface area contributed by atoms with E-state index >= 15 is 0 Å². The van der Waals surface area contributed by atoms with Crippen LogP contribution in [0.15, 0.2) is 48.8 Å². The fourth-order valence-corrected chi connectivity index (χ4v) is 2.57. The van der Waals surface area contributed by atoms with E-state index in [2.05, 4.69) is 20.7 Å². The molecule has 1 aromatic carbocycles. The van der Waals surface area contributed by atoms with Crippen molar-refractivity contribution in [2.45, 2.75) is 20.8 Å². The lowest BCUT2D eigenvalue weighted by molar-refractivity contribution is -0.114. The molecule has 7 heteroatoms. The Bertz CT molecular complexity index is 963. The molecule has 26 heavy (non-hydrogen) atoms. The van der Waals surface area contributed by atoms with Crippen LogP contribution in [0.2, 0.25) is 0 Å². The molecule has 0 bridgehead atoms. The van der Waals surface area contributed by atoms with Crippen molar-refractivity contribution in [1.29, 1.82) is 0 Å². The van der Waals surface area contributed by atoms with Crippen molar-refractivity contribution in [2.24, 2.45) is 0 Å². The number of pyridine rings is 1. The second kappa shape index (κ2) is 7.18. The van der Waals surface area contributed by atoms with Gasteiger partial charge in [0.05, 0.1) is 17.5 Å². The van der Waals surface area contributed by atoms with Crippen molar-refractivity contribution < 1.29 is 9.59 Å². The molecular formula is C19H19N5O2. The zero-order valence-corrected chi connectivity index (χ0v) is 14.8. The summed E-state index contributed by atoms with van der Waals surface area (Å²) in [6.07, 6.45) is 3.19. The molecule has 0 aliphatic carbocycles. The first-order valence-corrected chi connectivity index (χ1v) is 8.11. The van der Waals surface area contributed by atoms with Gasteiger partial charge in [0.1, 0.15) is 0 Å². The molecule has 132 valence electrons. The molecule has 2 aromatic heterocycles. The highest BCUT2D eigenvalue weighted by Crippen LogP contribution is 2.22. The minimum atomic E-state index is -0.271. The number of nitrogens with one attached hydrogen (secondary N) is 2. The van der Waals surface area contributed by atoms with Gasteiger partial charge >= 0.3 is 0 Å². The number of nitrogens with zero attached hydrogens (tertiary/aromatic N) is 3. The summed E-state index contributed by atoms with van der Waals surface area (Å²) in [6, 6.07) is 10.9. The molecule has 0 spiro atoms. The number of aromatic nitrogens is 3. The quantitative estimate of drug-likeness (QED) is 0.757. The topological polar surface area (TPSA) is 88.9 Å². The van der Waals surface area contributed by atoms with E-state index in [4.69, 9.17) is 0 Å². The molecule has 0 radical (unpaired) electrons. The fraction of sp³-hybridized carbons (Fsp3) is 0.158. The number of aryl methyl sites for hydroxylation is 1. The van der Waals surface area contributed by atoms with Crippen LogP contribution in [-0.2, 0) is 4.79 Å². The minimum Gasteiger partial charge on any atom is -0.326 e. The van der Waals surface area contributed by atoms with Crippen molar-refractivity contribution in [3.8, 4) is 5.82 Å². The summed E-state index contributed by atoms with van der Waals surface area (Å²) >= 11 is 0. The third kappa shape index (κ3) is 3.61. The van der Waals surface area contributed by atoms with Gasteiger partial charge in [-0.3, -0.25) is 9.59 Å². The molecule has 0 atom stereocenters. The number of rotatable bonds is 4. The molecule has 0 unspecified atom stereocenters. The van der Waals surface area contributed by atoms with Crippen molar-refractivity contribution in [1.82, 2.24) is 14.8 Å². The van der Waals surface area contributed by atoms with Crippen molar-refractivity contribution >= 4 is 23.2 Å². The van der Waals surface area contributed by atoms with Gasteiger partial charge in [0, 0.05) is 24.5 Å². The first-order valence-electron chi connectivity index (χ1n) is 8.11. The highest BCUT2D eigenvalue weighted by Gasteiger charge is 2.16. The Morgan fingerprint density at radius 1 is 1.08 bits per heavy atom. The molecule has 0 aliphatic rings. The van der Waals surface area contributed by atoms with Crippen LogP contribution in [0.1, 0.15) is 28.5 Å². The summed E-state index contributed by atoms with van der Waals surface area (Å²) in [4.78, 5) is 28.2. The van der Waals surface area contributed by atoms with Gasteiger partial charge in [0.15, 0.2) is 5.82 Å². The summed E-state index contributed by atoms with van der Waals surface area (Å²) in [5.41, 5.74) is 3.30. The fourth-order valence-electron chi connectivity index (χ4n) is 2.57. The number of hydrogen-bond donors (Lipinski definition) is 2. The molecule has 2 N–H and O–H groups in total. The van der Waals surface area contributed by atoms with E-state index < -0.39 is 0 Å². The third-order valence-electron chi connectivity index (χ3n) is 3.93. The molecule has 7 nitrogen and oxygen atoms in total. The largest absolute Gasteiger partial charge is 0.326 e. The Morgan fingerprint density at radius 3 is 2.58 bits per heavy atom. The third-order valence-corrected chi connectivity index (χ3v) is 3.93. The number of carbonyl (C=O) groups is 2. The molecule has 0 saturated heterocycles. The lowest BCUT2D eigenvalue weighted by Gasteiger charge is -2.11. The van der Waals surface area contributed by atoms with Crippen molar-refractivity contribution in [2.75, 3.05) is 10.6 Å². The molecule has 0 fully saturated rings. The maximum atomic E-state index is 12.7. The summed E-state index contributed by atoms with van der Waals surface area (Å²) in [5.74, 6) is 0.208. The van der Waals surface area contributed by atoms with Gasteiger partial charge in [-0.05, 0) is 43.7 Å². The van der Waals surface area contributed by atoms with E-state index in [9.17, 15) is 9.59 Å². The maximum absolute atomic E-state index is 12.7. The van der Waals surface area contributed by atoms with E-state index in [-0.39, 0.29) is 11.8 Å². The average Bonchev–Trinajstić information content (AvgIpc) is 3.00. The summed E-state index contributed by atoms with van der Waals surface area (Å²) in [5, 5.41) is 9.85. The Balaban J connectivity index is 1.85. The number of hydrogen-bond acceptors (Lipinski definition) is 4. The second-order valence-electron chi connectivity index (χ2n) is 5.91. The predicted molar refractivity (Wildman–Crippen MR) is 99.5 cm³/mol. The van der Waals surface area contributed by atoms with Crippen molar-refractivity contribution in [3.05, 3.63) is 65.6 Å². The molecule has 0 saturated carbocycles. The van der Waals surface area contributed by atoms with Crippen LogP contribution in [0.25, 0.3) is 5.82 Å². The van der Waals surface area contributed by atoms with Crippen LogP contribution in [0.4, 0.5) is 11.4 Å². The Hall–Kier alpha value is -3.48. The van der Waals surface area contributed by atoms with E-state index in [1.54, 1.807) is 23.0 Å². The zero-order chi connectivity index (χ0) is 18.7. The smallest absolute Gasteiger partial charge is 0.259 e. The minimum absolute atomic E-state index is 0.168. The summed E-state index contributed by atoms with van der Waals surface area (Å²) < 4.78 is 1.62. The molecular weight excluding hydrogens is 330 g/mol. The first kappa shape index (κ1) is 17.3. The first-order chi connectivity index (χ1) is 12.5. The molecule has 2 heterocycles. The van der Waals surface area contributed by atoms with Crippen LogP contribution in [0.3, 0.4) is 0 Å². The van der Waals surface area contributed by atoms with Gasteiger partial charge in [0.25, 0.3) is 5.91 Å². The molecule has 0 aliphatic heterocycles. The Labute approximate surface area is 151 Å². The lowest BCUT2D eigenvalue weighted by Crippen LogP contribution is -2.14. The maximum Gasteiger partial charge on any atom is 0.259 e. The van der Waals surface area contributed by atoms with E-state index in [0.717, 1.165) is 5.56 Å². The monoisotopic (exact) mass is 349 g/mol. The van der Waals surface area contributed by atoms with Gasteiger partial charge < -0.3 is 10.6 Å². The Morgan fingerprint density at radius 2 is 1.88 bits per heavy atom. The second-order valence-corrected chi connectivity index (χ2v) is 5.91. The summed E-state index contributed by atoms with van der Waals surface area (Å²) in [7, 11) is 0. The van der Waals surface area contributed by atoms with Gasteiger partial charge in [-0.15, -0.1) is 0 Å². The van der Waals surface area contributed by atoms with Crippen LogP contribution < -0.4 is 10.6 Å². The van der Waals surface area contributed by atoms with Crippen LogP contribution >= 0.6 is 0 Å². The number of amides is 2. The number of anilines is 2. The lowest BCUT2D eigenvalue weighted by atomic mass is 10.1. The summed E-state index contributed by atoms with van der Waals surface area (Å²) in [6.45, 7) is 5.14. The van der Waals surface area contributed by atoms with Gasteiger partial charge in [0.2, 0.25) is 5.91 Å². The molecule has 3 aromatic rings. The molecule has 3 rings (SSSR count). The molecule has 2 amide bonds. The normalized spacial score (nSPS) is 10.4.